The van der Waals surface area contributed by atoms with E-state index in [9.17, 15) is 0 Å². The van der Waals surface area contributed by atoms with Crippen LogP contribution in [0.3, 0.4) is 0 Å². The molecule has 0 aromatic carbocycles. The van der Waals surface area contributed by atoms with E-state index in [1.807, 2.05) is 6.20 Å². The number of aliphatic hydroxyl groups excluding tert-OH is 1. The lowest BCUT2D eigenvalue weighted by Gasteiger charge is -2.31. The van der Waals surface area contributed by atoms with Crippen molar-refractivity contribution in [3.8, 4) is 0 Å². The van der Waals surface area contributed by atoms with Crippen LogP contribution in [0.25, 0.3) is 0 Å². The number of aromatic nitrogens is 1. The van der Waals surface area contributed by atoms with Crippen LogP contribution in [-0.4, -0.2) is 41.2 Å². The van der Waals surface area contributed by atoms with Gasteiger partial charge in [-0.05, 0) is 37.9 Å². The number of aliphatic hydroxyl groups is 1. The highest BCUT2D eigenvalue weighted by atomic mass is 16.3. The highest BCUT2D eigenvalue weighted by Crippen LogP contribution is 2.25. The van der Waals surface area contributed by atoms with Crippen molar-refractivity contribution in [2.75, 3.05) is 26.2 Å². The monoisotopic (exact) mass is 220 g/mol. The van der Waals surface area contributed by atoms with Gasteiger partial charge in [0.05, 0.1) is 6.61 Å². The molecule has 3 heteroatoms. The van der Waals surface area contributed by atoms with Crippen LogP contribution in [0.4, 0.5) is 0 Å². The third kappa shape index (κ3) is 2.80. The summed E-state index contributed by atoms with van der Waals surface area (Å²) in [5.74, 6) is 0.542. The minimum atomic E-state index is 0.258. The third-order valence-corrected chi connectivity index (χ3v) is 3.27. The Morgan fingerprint density at radius 1 is 1.50 bits per heavy atom. The molecule has 0 saturated carbocycles. The molecule has 1 atom stereocenters. The predicted molar refractivity (Wildman–Crippen MR) is 64.5 cm³/mol. The standard InChI is InChI=1S/C13H20N2O/c1-11-4-5-13(14-9-11)12-3-2-6-15(10-12)7-8-16/h4-5,9,12,16H,2-3,6-8,10H2,1H3. The molecule has 3 nitrogen and oxygen atoms in total. The number of hydrogen-bond donors (Lipinski definition) is 1. The molecule has 1 aliphatic rings. The van der Waals surface area contributed by atoms with Gasteiger partial charge in [-0.25, -0.2) is 0 Å². The lowest BCUT2D eigenvalue weighted by Crippen LogP contribution is -2.36. The van der Waals surface area contributed by atoms with E-state index in [0.717, 1.165) is 19.6 Å². The normalized spacial score (nSPS) is 22.2. The minimum Gasteiger partial charge on any atom is -0.395 e. The topological polar surface area (TPSA) is 36.4 Å². The molecule has 1 N–H and O–H groups in total. The smallest absolute Gasteiger partial charge is 0.0558 e. The van der Waals surface area contributed by atoms with Crippen molar-refractivity contribution in [2.24, 2.45) is 0 Å². The zero-order valence-corrected chi connectivity index (χ0v) is 9.89. The van der Waals surface area contributed by atoms with Gasteiger partial charge >= 0.3 is 0 Å². The zero-order chi connectivity index (χ0) is 11.4. The summed E-state index contributed by atoms with van der Waals surface area (Å²) < 4.78 is 0. The largest absolute Gasteiger partial charge is 0.395 e. The molecule has 88 valence electrons. The first-order valence-corrected chi connectivity index (χ1v) is 6.05. The first kappa shape index (κ1) is 11.6. The van der Waals surface area contributed by atoms with Crippen molar-refractivity contribution in [3.63, 3.8) is 0 Å². The van der Waals surface area contributed by atoms with Crippen LogP contribution in [0.1, 0.15) is 30.0 Å². The average Bonchev–Trinajstić information content (AvgIpc) is 2.31. The number of aryl methyl sites for hydroxylation is 1. The number of likely N-dealkylation sites (tertiary alicyclic amines) is 1. The van der Waals surface area contributed by atoms with E-state index in [2.05, 4.69) is 28.9 Å². The summed E-state index contributed by atoms with van der Waals surface area (Å²) >= 11 is 0. The van der Waals surface area contributed by atoms with Crippen molar-refractivity contribution in [2.45, 2.75) is 25.7 Å². The molecule has 1 fully saturated rings. The highest BCUT2D eigenvalue weighted by Gasteiger charge is 2.21. The summed E-state index contributed by atoms with van der Waals surface area (Å²) in [7, 11) is 0. The van der Waals surface area contributed by atoms with E-state index in [1.54, 1.807) is 0 Å². The number of piperidine rings is 1. The summed E-state index contributed by atoms with van der Waals surface area (Å²) in [5, 5.41) is 8.95. The fraction of sp³-hybridized carbons (Fsp3) is 0.615. The molecule has 0 radical (unpaired) electrons. The van der Waals surface area contributed by atoms with E-state index in [1.165, 1.54) is 24.1 Å². The lowest BCUT2D eigenvalue weighted by molar-refractivity contribution is 0.160. The maximum Gasteiger partial charge on any atom is 0.0558 e. The Kier molecular flexibility index (Phi) is 3.91. The Morgan fingerprint density at radius 3 is 3.06 bits per heavy atom. The number of β-amino-alcohol motifs (C(OH)–C–C–N with tert-alkyl or cyclic N) is 1. The van der Waals surface area contributed by atoms with Crippen LogP contribution in [-0.2, 0) is 0 Å². The van der Waals surface area contributed by atoms with Crippen molar-refractivity contribution < 1.29 is 5.11 Å². The Balaban J connectivity index is 2.01. The number of pyridine rings is 1. The molecular formula is C13H20N2O. The van der Waals surface area contributed by atoms with Gasteiger partial charge in [-0.15, -0.1) is 0 Å². The van der Waals surface area contributed by atoms with Crippen molar-refractivity contribution >= 4 is 0 Å². The van der Waals surface area contributed by atoms with Gasteiger partial charge in [0.15, 0.2) is 0 Å². The average molecular weight is 220 g/mol. The van der Waals surface area contributed by atoms with E-state index < -0.39 is 0 Å². The van der Waals surface area contributed by atoms with Gasteiger partial charge in [-0.2, -0.15) is 0 Å². The van der Waals surface area contributed by atoms with Crippen LogP contribution >= 0.6 is 0 Å². The molecule has 1 saturated heterocycles. The van der Waals surface area contributed by atoms with E-state index in [0.29, 0.717) is 5.92 Å². The third-order valence-electron chi connectivity index (χ3n) is 3.27. The number of rotatable bonds is 3. The van der Waals surface area contributed by atoms with Gasteiger partial charge in [-0.3, -0.25) is 4.98 Å². The SMILES string of the molecule is Cc1ccc(C2CCCN(CCO)C2)nc1. The molecule has 1 unspecified atom stereocenters. The molecule has 1 aromatic rings. The summed E-state index contributed by atoms with van der Waals surface area (Å²) in [6.45, 7) is 5.27. The fourth-order valence-electron chi connectivity index (χ4n) is 2.36. The van der Waals surface area contributed by atoms with Crippen molar-refractivity contribution in [3.05, 3.63) is 29.6 Å². The van der Waals surface area contributed by atoms with Crippen LogP contribution < -0.4 is 0 Å². The highest BCUT2D eigenvalue weighted by molar-refractivity contribution is 5.16. The number of nitrogens with zero attached hydrogens (tertiary/aromatic N) is 2. The van der Waals surface area contributed by atoms with Gasteiger partial charge in [0.2, 0.25) is 0 Å². The molecule has 16 heavy (non-hydrogen) atoms. The Bertz CT molecular complexity index is 321. The summed E-state index contributed by atoms with van der Waals surface area (Å²) in [6, 6.07) is 4.27. The van der Waals surface area contributed by atoms with Gasteiger partial charge in [-0.1, -0.05) is 6.07 Å². The molecule has 0 amide bonds. The second-order valence-electron chi connectivity index (χ2n) is 4.62. The first-order chi connectivity index (χ1) is 7.79. The summed E-state index contributed by atoms with van der Waals surface area (Å²) in [4.78, 5) is 6.84. The second-order valence-corrected chi connectivity index (χ2v) is 4.62. The van der Waals surface area contributed by atoms with Crippen LogP contribution in [0.2, 0.25) is 0 Å². The summed E-state index contributed by atoms with van der Waals surface area (Å²) in [5.41, 5.74) is 2.42. The van der Waals surface area contributed by atoms with Crippen LogP contribution in [0, 0.1) is 6.92 Å². The zero-order valence-electron chi connectivity index (χ0n) is 9.89. The maximum absolute atomic E-state index is 8.95. The van der Waals surface area contributed by atoms with Crippen LogP contribution in [0.5, 0.6) is 0 Å². The number of hydrogen-bond acceptors (Lipinski definition) is 3. The molecule has 0 aliphatic carbocycles. The lowest BCUT2D eigenvalue weighted by atomic mass is 9.94. The first-order valence-electron chi connectivity index (χ1n) is 6.05. The quantitative estimate of drug-likeness (QED) is 0.840. The fourth-order valence-corrected chi connectivity index (χ4v) is 2.36. The Morgan fingerprint density at radius 2 is 2.38 bits per heavy atom. The molecule has 0 bridgehead atoms. The molecule has 1 aliphatic heterocycles. The van der Waals surface area contributed by atoms with E-state index in [-0.39, 0.29) is 6.61 Å². The van der Waals surface area contributed by atoms with Gasteiger partial charge in [0.25, 0.3) is 0 Å². The second kappa shape index (κ2) is 5.41. The molecule has 2 rings (SSSR count). The van der Waals surface area contributed by atoms with Gasteiger partial charge in [0.1, 0.15) is 0 Å². The molecule has 1 aromatic heterocycles. The maximum atomic E-state index is 8.95. The van der Waals surface area contributed by atoms with Crippen LogP contribution in [0.15, 0.2) is 18.3 Å². The van der Waals surface area contributed by atoms with Crippen molar-refractivity contribution in [1.29, 1.82) is 0 Å². The van der Waals surface area contributed by atoms with Gasteiger partial charge in [0, 0.05) is 30.9 Å². The van der Waals surface area contributed by atoms with E-state index in [4.69, 9.17) is 5.11 Å². The molecule has 0 spiro atoms. The minimum absolute atomic E-state index is 0.258. The molecule has 2 heterocycles. The Labute approximate surface area is 97.1 Å². The predicted octanol–water partition coefficient (Wildman–Crippen LogP) is 1.56. The summed E-state index contributed by atoms with van der Waals surface area (Å²) in [6.07, 6.45) is 4.37. The van der Waals surface area contributed by atoms with Gasteiger partial charge < -0.3 is 10.0 Å². The van der Waals surface area contributed by atoms with Crippen molar-refractivity contribution in [1.82, 2.24) is 9.88 Å². The Hall–Kier alpha value is -0.930. The van der Waals surface area contributed by atoms with E-state index >= 15 is 0 Å². The molecular weight excluding hydrogens is 200 g/mol.